The number of nitrogens with zero attached hydrogens (tertiary/aromatic N) is 2. The van der Waals surface area contributed by atoms with Gasteiger partial charge in [-0.1, -0.05) is 25.7 Å². The van der Waals surface area contributed by atoms with Crippen LogP contribution in [-0.4, -0.2) is 15.5 Å². The molecule has 2 aromatic rings. The molecule has 1 saturated carbocycles. The molecule has 0 aromatic carbocycles. The van der Waals surface area contributed by atoms with Gasteiger partial charge in [-0.3, -0.25) is 9.59 Å². The molecule has 0 bridgehead atoms. The van der Waals surface area contributed by atoms with Gasteiger partial charge in [0.15, 0.2) is 0 Å². The lowest BCUT2D eigenvalue weighted by Gasteiger charge is -2.23. The molecule has 0 spiro atoms. The normalized spacial score (nSPS) is 16.3. The number of amides is 1. The van der Waals surface area contributed by atoms with E-state index in [1.165, 1.54) is 0 Å². The number of hydrogen-bond acceptors (Lipinski definition) is 3. The molecular weight excluding hydrogens is 428 g/mol. The Morgan fingerprint density at radius 1 is 1.03 bits per heavy atom. The number of pyridine rings is 2. The number of nitrogens with one attached hydrogen (secondary N) is 1. The number of halogens is 6. The van der Waals surface area contributed by atoms with Gasteiger partial charge in [0.05, 0.1) is 11.1 Å². The molecule has 1 amide bonds. The fourth-order valence-corrected chi connectivity index (χ4v) is 3.67. The third-order valence-corrected chi connectivity index (χ3v) is 5.28. The zero-order valence-corrected chi connectivity index (χ0v) is 16.1. The summed E-state index contributed by atoms with van der Waals surface area (Å²) in [4.78, 5) is 28.7. The highest BCUT2D eigenvalue weighted by Gasteiger charge is 2.34. The molecule has 3 rings (SSSR count). The molecule has 0 aliphatic heterocycles. The summed E-state index contributed by atoms with van der Waals surface area (Å²) in [6.45, 7) is 0. The van der Waals surface area contributed by atoms with Crippen LogP contribution in [0.25, 0.3) is 0 Å². The summed E-state index contributed by atoms with van der Waals surface area (Å²) in [5, 5.41) is 2.32. The third kappa shape index (κ3) is 5.65. The molecule has 5 nitrogen and oxygen atoms in total. The molecule has 168 valence electrons. The first-order chi connectivity index (χ1) is 14.4. The maximum Gasteiger partial charge on any atom is 0.417 e. The fourth-order valence-electron chi connectivity index (χ4n) is 3.67. The van der Waals surface area contributed by atoms with Crippen molar-refractivity contribution in [3.63, 3.8) is 0 Å². The van der Waals surface area contributed by atoms with Crippen molar-refractivity contribution in [3.8, 4) is 0 Å². The van der Waals surface area contributed by atoms with E-state index in [1.54, 1.807) is 0 Å². The van der Waals surface area contributed by atoms with Crippen LogP contribution in [0, 0.1) is 5.92 Å². The maximum atomic E-state index is 13.1. The highest BCUT2D eigenvalue weighted by molar-refractivity contribution is 5.92. The fraction of sp³-hybridized carbons (Fsp3) is 0.450. The quantitative estimate of drug-likeness (QED) is 0.654. The van der Waals surface area contributed by atoms with E-state index in [4.69, 9.17) is 0 Å². The number of carbonyl (C=O) groups excluding carboxylic acids is 1. The first kappa shape index (κ1) is 22.8. The second-order valence-corrected chi connectivity index (χ2v) is 7.48. The Hall–Kier alpha value is -2.85. The van der Waals surface area contributed by atoms with Gasteiger partial charge in [-0.15, -0.1) is 0 Å². The molecule has 0 unspecified atom stereocenters. The predicted molar refractivity (Wildman–Crippen MR) is 99.2 cm³/mol. The van der Waals surface area contributed by atoms with Gasteiger partial charge in [-0.05, 0) is 30.5 Å². The summed E-state index contributed by atoms with van der Waals surface area (Å²) < 4.78 is 78.2. The van der Waals surface area contributed by atoms with Crippen LogP contribution >= 0.6 is 0 Å². The molecular formula is C20H19F6N3O2. The van der Waals surface area contributed by atoms with Gasteiger partial charge < -0.3 is 9.88 Å². The van der Waals surface area contributed by atoms with Crippen LogP contribution in [0.2, 0.25) is 0 Å². The van der Waals surface area contributed by atoms with Crippen LogP contribution in [0.5, 0.6) is 0 Å². The second kappa shape index (κ2) is 8.72. The van der Waals surface area contributed by atoms with E-state index in [0.29, 0.717) is 18.5 Å². The maximum absolute atomic E-state index is 13.1. The Bertz CT molecular complexity index is 976. The van der Waals surface area contributed by atoms with Crippen LogP contribution in [0.1, 0.15) is 49.3 Å². The zero-order chi connectivity index (χ0) is 22.8. The summed E-state index contributed by atoms with van der Waals surface area (Å²) in [7, 11) is 0. The van der Waals surface area contributed by atoms with E-state index in [1.807, 2.05) is 0 Å². The van der Waals surface area contributed by atoms with E-state index in [2.05, 4.69) is 10.3 Å². The van der Waals surface area contributed by atoms with Crippen molar-refractivity contribution in [2.75, 3.05) is 5.32 Å². The topological polar surface area (TPSA) is 64.0 Å². The highest BCUT2D eigenvalue weighted by Crippen LogP contribution is 2.34. The summed E-state index contributed by atoms with van der Waals surface area (Å²) >= 11 is 0. The van der Waals surface area contributed by atoms with Gasteiger partial charge in [0.2, 0.25) is 5.91 Å². The Morgan fingerprint density at radius 2 is 1.65 bits per heavy atom. The molecule has 2 aromatic heterocycles. The molecule has 11 heteroatoms. The van der Waals surface area contributed by atoms with Gasteiger partial charge in [0, 0.05) is 18.5 Å². The number of rotatable bonds is 5. The van der Waals surface area contributed by atoms with Gasteiger partial charge in [0.1, 0.15) is 11.9 Å². The minimum absolute atomic E-state index is 0.0396. The molecule has 31 heavy (non-hydrogen) atoms. The van der Waals surface area contributed by atoms with E-state index < -0.39 is 41.0 Å². The van der Waals surface area contributed by atoms with Crippen molar-refractivity contribution in [2.24, 2.45) is 5.92 Å². The Balaban J connectivity index is 1.90. The standard InChI is InChI=1S/C20H19F6N3O2/c21-19(22,23)13-5-7-16(27-10-13)28-18(31)15(9-12-3-1-2-4-12)29-11-14(20(24,25)26)6-8-17(29)30/h5-8,10-12,15H,1-4,9H2,(H,27,28,31)/t15-/m0/s1. The van der Waals surface area contributed by atoms with E-state index in [-0.39, 0.29) is 18.2 Å². The smallest absolute Gasteiger partial charge is 0.309 e. The SMILES string of the molecule is O=C(Nc1ccc(C(F)(F)F)cn1)[C@H](CC1CCCC1)n1cc(C(F)(F)F)ccc1=O. The zero-order valence-electron chi connectivity index (χ0n) is 16.1. The van der Waals surface area contributed by atoms with Crippen LogP contribution in [-0.2, 0) is 17.1 Å². The first-order valence-corrected chi connectivity index (χ1v) is 9.58. The average Bonchev–Trinajstić information content (AvgIpc) is 3.19. The number of alkyl halides is 6. The minimum atomic E-state index is -4.71. The lowest BCUT2D eigenvalue weighted by molar-refractivity contribution is -0.139. The molecule has 1 fully saturated rings. The predicted octanol–water partition coefficient (Wildman–Crippen LogP) is 5.04. The molecule has 0 radical (unpaired) electrons. The lowest BCUT2D eigenvalue weighted by Crippen LogP contribution is -2.35. The molecule has 1 aliphatic carbocycles. The average molecular weight is 447 g/mol. The third-order valence-electron chi connectivity index (χ3n) is 5.28. The van der Waals surface area contributed by atoms with E-state index >= 15 is 0 Å². The summed E-state index contributed by atoms with van der Waals surface area (Å²) in [6, 6.07) is 1.80. The molecule has 1 N–H and O–H groups in total. The number of aromatic nitrogens is 2. The Kier molecular flexibility index (Phi) is 6.42. The lowest BCUT2D eigenvalue weighted by atomic mass is 9.97. The van der Waals surface area contributed by atoms with E-state index in [0.717, 1.165) is 48.4 Å². The minimum Gasteiger partial charge on any atom is -0.309 e. The van der Waals surface area contributed by atoms with Crippen LogP contribution < -0.4 is 10.9 Å². The first-order valence-electron chi connectivity index (χ1n) is 9.58. The van der Waals surface area contributed by atoms with Crippen molar-refractivity contribution in [1.29, 1.82) is 0 Å². The van der Waals surface area contributed by atoms with Crippen molar-refractivity contribution in [2.45, 2.75) is 50.5 Å². The van der Waals surface area contributed by atoms with Crippen LogP contribution in [0.3, 0.4) is 0 Å². The van der Waals surface area contributed by atoms with Gasteiger partial charge in [-0.2, -0.15) is 26.3 Å². The summed E-state index contributed by atoms with van der Waals surface area (Å²) in [5.41, 5.74) is -2.88. The number of hydrogen-bond donors (Lipinski definition) is 1. The number of anilines is 1. The van der Waals surface area contributed by atoms with Crippen molar-refractivity contribution >= 4 is 11.7 Å². The monoisotopic (exact) mass is 447 g/mol. The highest BCUT2D eigenvalue weighted by atomic mass is 19.4. The molecule has 1 atom stereocenters. The van der Waals surface area contributed by atoms with E-state index in [9.17, 15) is 35.9 Å². The van der Waals surface area contributed by atoms with Gasteiger partial charge in [-0.25, -0.2) is 4.98 Å². The molecule has 0 saturated heterocycles. The van der Waals surface area contributed by atoms with Crippen molar-refractivity contribution < 1.29 is 31.1 Å². The van der Waals surface area contributed by atoms with Gasteiger partial charge >= 0.3 is 12.4 Å². The van der Waals surface area contributed by atoms with Crippen molar-refractivity contribution in [1.82, 2.24) is 9.55 Å². The van der Waals surface area contributed by atoms with Crippen molar-refractivity contribution in [3.05, 3.63) is 58.1 Å². The second-order valence-electron chi connectivity index (χ2n) is 7.48. The van der Waals surface area contributed by atoms with Crippen LogP contribution in [0.15, 0.2) is 41.5 Å². The van der Waals surface area contributed by atoms with Gasteiger partial charge in [0.25, 0.3) is 5.56 Å². The van der Waals surface area contributed by atoms with Crippen LogP contribution in [0.4, 0.5) is 32.2 Å². The molecule has 2 heterocycles. The largest absolute Gasteiger partial charge is 0.417 e. The molecule has 1 aliphatic rings. The Labute approximate surface area is 173 Å². The number of carbonyl (C=O) groups is 1. The summed E-state index contributed by atoms with van der Waals surface area (Å²) in [6.07, 6.45) is -4.67. The summed E-state index contributed by atoms with van der Waals surface area (Å²) in [5.74, 6) is -0.979. The Morgan fingerprint density at radius 3 is 2.19 bits per heavy atom.